The third-order valence-corrected chi connectivity index (χ3v) is 6.27. The van der Waals surface area contributed by atoms with Crippen molar-refractivity contribution >= 4 is 37.3 Å². The molecule has 0 aliphatic carbocycles. The lowest BCUT2D eigenvalue weighted by molar-refractivity contribution is 0.468. The average Bonchev–Trinajstić information content (AvgIpc) is 2.60. The first kappa shape index (κ1) is 14.1. The molecule has 0 amide bonds. The van der Waals surface area contributed by atoms with E-state index in [1.165, 1.54) is 15.6 Å². The molecule has 0 aromatic carbocycles. The molecule has 0 aliphatic heterocycles. The highest BCUT2D eigenvalue weighted by molar-refractivity contribution is 9.11. The minimum atomic E-state index is -3.38. The molecule has 2 N–H and O–H groups in total. The maximum atomic E-state index is 12.1. The normalized spacial score (nSPS) is 12.3. The summed E-state index contributed by atoms with van der Waals surface area (Å²) in [6.45, 7) is 2.82. The maximum Gasteiger partial charge on any atom is 0.244 e. The molecule has 1 aromatic rings. The fourth-order valence-corrected chi connectivity index (χ4v) is 5.05. The summed E-state index contributed by atoms with van der Waals surface area (Å²) in [4.78, 5) is 1.17. The van der Waals surface area contributed by atoms with E-state index in [9.17, 15) is 8.42 Å². The summed E-state index contributed by atoms with van der Waals surface area (Å²) >= 11 is 4.63. The Balaban J connectivity index is 3.11. The SMILES string of the molecule is CCCN(C)S(=O)(=O)c1cc(CN)sc1Br. The van der Waals surface area contributed by atoms with Crippen LogP contribution in [0.5, 0.6) is 0 Å². The van der Waals surface area contributed by atoms with E-state index in [1.807, 2.05) is 6.92 Å². The molecular weight excluding hydrogens is 312 g/mol. The third-order valence-electron chi connectivity index (χ3n) is 2.13. The van der Waals surface area contributed by atoms with E-state index in [4.69, 9.17) is 5.73 Å². The predicted octanol–water partition coefficient (Wildman–Crippen LogP) is 2.00. The Labute approximate surface area is 109 Å². The van der Waals surface area contributed by atoms with E-state index in [2.05, 4.69) is 15.9 Å². The van der Waals surface area contributed by atoms with Gasteiger partial charge in [0.15, 0.2) is 0 Å². The van der Waals surface area contributed by atoms with Crippen LogP contribution in [0, 0.1) is 0 Å². The first-order chi connectivity index (χ1) is 7.43. The Morgan fingerprint density at radius 2 is 2.19 bits per heavy atom. The van der Waals surface area contributed by atoms with Crippen molar-refractivity contribution in [1.82, 2.24) is 4.31 Å². The van der Waals surface area contributed by atoms with E-state index in [0.29, 0.717) is 21.8 Å². The predicted molar refractivity (Wildman–Crippen MR) is 70.0 cm³/mol. The standard InChI is InChI=1S/C9H15BrN2O2S2/c1-3-4-12(2)16(13,14)8-5-7(6-11)15-9(8)10/h5H,3-4,6,11H2,1-2H3. The molecule has 0 saturated carbocycles. The number of halogens is 1. The summed E-state index contributed by atoms with van der Waals surface area (Å²) in [6, 6.07) is 1.64. The molecule has 92 valence electrons. The van der Waals surface area contributed by atoms with Crippen LogP contribution < -0.4 is 5.73 Å². The van der Waals surface area contributed by atoms with Gasteiger partial charge >= 0.3 is 0 Å². The van der Waals surface area contributed by atoms with Crippen molar-refractivity contribution in [3.8, 4) is 0 Å². The molecule has 4 nitrogen and oxygen atoms in total. The first-order valence-corrected chi connectivity index (χ1v) is 7.93. The minimum absolute atomic E-state index is 0.314. The van der Waals surface area contributed by atoms with E-state index in [0.717, 1.165) is 11.3 Å². The van der Waals surface area contributed by atoms with Crippen LogP contribution in [0.25, 0.3) is 0 Å². The first-order valence-electron chi connectivity index (χ1n) is 4.88. The summed E-state index contributed by atoms with van der Waals surface area (Å²) in [5.74, 6) is 0. The maximum absolute atomic E-state index is 12.1. The topological polar surface area (TPSA) is 63.4 Å². The summed E-state index contributed by atoms with van der Waals surface area (Å²) < 4.78 is 26.3. The van der Waals surface area contributed by atoms with E-state index in [-0.39, 0.29) is 0 Å². The Hall–Kier alpha value is 0.0500. The van der Waals surface area contributed by atoms with Crippen molar-refractivity contribution < 1.29 is 8.42 Å². The van der Waals surface area contributed by atoms with Crippen LogP contribution in [0.4, 0.5) is 0 Å². The summed E-state index contributed by atoms with van der Waals surface area (Å²) in [7, 11) is -1.79. The lowest BCUT2D eigenvalue weighted by Crippen LogP contribution is -2.27. The highest BCUT2D eigenvalue weighted by atomic mass is 79.9. The fourth-order valence-electron chi connectivity index (χ4n) is 1.28. The molecule has 0 spiro atoms. The van der Waals surface area contributed by atoms with Gasteiger partial charge in [0.1, 0.15) is 4.90 Å². The number of rotatable bonds is 5. The molecule has 0 atom stereocenters. The van der Waals surface area contributed by atoms with Crippen LogP contribution in [0.3, 0.4) is 0 Å². The number of hydrogen-bond donors (Lipinski definition) is 1. The van der Waals surface area contributed by atoms with E-state index >= 15 is 0 Å². The molecule has 0 unspecified atom stereocenters. The molecule has 1 heterocycles. The Bertz CT molecular complexity index is 456. The monoisotopic (exact) mass is 326 g/mol. The minimum Gasteiger partial charge on any atom is -0.326 e. The largest absolute Gasteiger partial charge is 0.326 e. The zero-order valence-electron chi connectivity index (χ0n) is 9.23. The molecule has 1 aromatic heterocycles. The van der Waals surface area contributed by atoms with E-state index < -0.39 is 10.0 Å². The van der Waals surface area contributed by atoms with Crippen LogP contribution in [0.15, 0.2) is 14.7 Å². The Kier molecular flexibility index (Phi) is 4.93. The van der Waals surface area contributed by atoms with Crippen molar-refractivity contribution in [2.75, 3.05) is 13.6 Å². The van der Waals surface area contributed by atoms with Crippen LogP contribution in [0.1, 0.15) is 18.2 Å². The van der Waals surface area contributed by atoms with Crippen LogP contribution in [-0.4, -0.2) is 26.3 Å². The zero-order chi connectivity index (χ0) is 12.3. The molecule has 16 heavy (non-hydrogen) atoms. The third kappa shape index (κ3) is 2.84. The van der Waals surface area contributed by atoms with Gasteiger partial charge in [0.2, 0.25) is 10.0 Å². The Morgan fingerprint density at radius 1 is 1.56 bits per heavy atom. The van der Waals surface area contributed by atoms with E-state index in [1.54, 1.807) is 13.1 Å². The number of thiophene rings is 1. The second-order valence-electron chi connectivity index (χ2n) is 3.38. The van der Waals surface area contributed by atoms with Gasteiger partial charge < -0.3 is 5.73 Å². The summed E-state index contributed by atoms with van der Waals surface area (Å²) in [5, 5.41) is 0. The number of sulfonamides is 1. The van der Waals surface area contributed by atoms with Crippen molar-refractivity contribution in [2.45, 2.75) is 24.8 Å². The van der Waals surface area contributed by atoms with Crippen molar-refractivity contribution in [1.29, 1.82) is 0 Å². The van der Waals surface area contributed by atoms with Crippen molar-refractivity contribution in [2.24, 2.45) is 5.73 Å². The second-order valence-corrected chi connectivity index (χ2v) is 7.85. The van der Waals surface area contributed by atoms with Gasteiger partial charge in [0.25, 0.3) is 0 Å². The fraction of sp³-hybridized carbons (Fsp3) is 0.556. The van der Waals surface area contributed by atoms with Gasteiger partial charge in [-0.25, -0.2) is 12.7 Å². The lowest BCUT2D eigenvalue weighted by Gasteiger charge is -2.15. The van der Waals surface area contributed by atoms with Gasteiger partial charge in [-0.05, 0) is 28.4 Å². The summed E-state index contributed by atoms with van der Waals surface area (Å²) in [6.07, 6.45) is 0.793. The average molecular weight is 327 g/mol. The molecule has 0 bridgehead atoms. The van der Waals surface area contributed by atoms with Crippen LogP contribution >= 0.6 is 27.3 Å². The highest BCUT2D eigenvalue weighted by Crippen LogP contribution is 2.32. The van der Waals surface area contributed by atoms with Gasteiger partial charge in [0, 0.05) is 25.0 Å². The van der Waals surface area contributed by atoms with Gasteiger partial charge in [-0.1, -0.05) is 6.92 Å². The Morgan fingerprint density at radius 3 is 2.62 bits per heavy atom. The highest BCUT2D eigenvalue weighted by Gasteiger charge is 2.24. The quantitative estimate of drug-likeness (QED) is 0.900. The van der Waals surface area contributed by atoms with Crippen LogP contribution in [0.2, 0.25) is 0 Å². The molecular formula is C9H15BrN2O2S2. The van der Waals surface area contributed by atoms with Gasteiger partial charge in [0.05, 0.1) is 3.79 Å². The number of nitrogens with zero attached hydrogens (tertiary/aromatic N) is 1. The van der Waals surface area contributed by atoms with Gasteiger partial charge in [-0.2, -0.15) is 0 Å². The lowest BCUT2D eigenvalue weighted by atomic mass is 10.5. The van der Waals surface area contributed by atoms with Crippen LogP contribution in [-0.2, 0) is 16.6 Å². The second kappa shape index (κ2) is 5.59. The molecule has 0 radical (unpaired) electrons. The van der Waals surface area contributed by atoms with Gasteiger partial charge in [-0.3, -0.25) is 0 Å². The summed E-state index contributed by atoms with van der Waals surface area (Å²) in [5.41, 5.74) is 5.49. The van der Waals surface area contributed by atoms with Gasteiger partial charge in [-0.15, -0.1) is 11.3 Å². The number of hydrogen-bond acceptors (Lipinski definition) is 4. The smallest absolute Gasteiger partial charge is 0.244 e. The molecule has 1 rings (SSSR count). The number of nitrogens with two attached hydrogens (primary N) is 1. The van der Waals surface area contributed by atoms with Crippen molar-refractivity contribution in [3.05, 3.63) is 14.7 Å². The zero-order valence-corrected chi connectivity index (χ0v) is 12.5. The molecule has 0 saturated heterocycles. The molecule has 0 fully saturated rings. The molecule has 0 aliphatic rings. The molecule has 7 heteroatoms. The van der Waals surface area contributed by atoms with Crippen molar-refractivity contribution in [3.63, 3.8) is 0 Å².